The number of hydrogen-bond donors (Lipinski definition) is 1. The zero-order valence-corrected chi connectivity index (χ0v) is 7.47. The molecule has 2 nitrogen and oxygen atoms in total. The molecular weight excluding hydrogens is 140 g/mol. The van der Waals surface area contributed by atoms with Crippen molar-refractivity contribution in [2.24, 2.45) is 11.3 Å². The van der Waals surface area contributed by atoms with Gasteiger partial charge < -0.3 is 9.84 Å². The Bertz CT molecular complexity index is 121. The summed E-state index contributed by atoms with van der Waals surface area (Å²) >= 11 is 0. The molecule has 1 aliphatic rings. The van der Waals surface area contributed by atoms with Crippen LogP contribution >= 0.6 is 0 Å². The molecule has 1 fully saturated rings. The zero-order valence-electron chi connectivity index (χ0n) is 7.47. The summed E-state index contributed by atoms with van der Waals surface area (Å²) in [5.74, 6) is 0.707. The Labute approximate surface area is 68.6 Å². The number of hydrogen-bond acceptors (Lipinski definition) is 2. The minimum Gasteiger partial charge on any atom is -0.396 e. The molecule has 1 N–H and O–H groups in total. The Morgan fingerprint density at radius 3 is 2.55 bits per heavy atom. The van der Waals surface area contributed by atoms with Gasteiger partial charge in [0.05, 0.1) is 13.2 Å². The van der Waals surface area contributed by atoms with Crippen LogP contribution < -0.4 is 0 Å². The van der Waals surface area contributed by atoms with E-state index in [0.29, 0.717) is 12.5 Å². The van der Waals surface area contributed by atoms with Crippen LogP contribution in [0, 0.1) is 11.3 Å². The molecule has 0 heterocycles. The van der Waals surface area contributed by atoms with Crippen molar-refractivity contribution in [2.75, 3.05) is 19.8 Å². The van der Waals surface area contributed by atoms with Gasteiger partial charge in [-0.25, -0.2) is 0 Å². The molecule has 0 spiro atoms. The van der Waals surface area contributed by atoms with Crippen LogP contribution in [0.25, 0.3) is 0 Å². The lowest BCUT2D eigenvalue weighted by Crippen LogP contribution is -2.29. The molecule has 66 valence electrons. The highest BCUT2D eigenvalue weighted by molar-refractivity contribution is 4.90. The van der Waals surface area contributed by atoms with Crippen molar-refractivity contribution in [3.63, 3.8) is 0 Å². The minimum absolute atomic E-state index is 0.0377. The van der Waals surface area contributed by atoms with Gasteiger partial charge in [0.25, 0.3) is 0 Å². The van der Waals surface area contributed by atoms with E-state index in [0.717, 1.165) is 6.61 Å². The Balaban J connectivity index is 2.31. The van der Waals surface area contributed by atoms with E-state index in [1.54, 1.807) is 0 Å². The fourth-order valence-electron chi connectivity index (χ4n) is 1.41. The van der Waals surface area contributed by atoms with Gasteiger partial charge in [0.15, 0.2) is 0 Å². The number of rotatable bonds is 5. The van der Waals surface area contributed by atoms with Gasteiger partial charge in [-0.2, -0.15) is 0 Å². The van der Waals surface area contributed by atoms with Gasteiger partial charge in [-0.05, 0) is 25.7 Å². The van der Waals surface area contributed by atoms with Crippen LogP contribution in [-0.4, -0.2) is 24.9 Å². The molecule has 11 heavy (non-hydrogen) atoms. The summed E-state index contributed by atoms with van der Waals surface area (Å²) in [6, 6.07) is 0. The van der Waals surface area contributed by atoms with Gasteiger partial charge in [-0.1, -0.05) is 6.92 Å². The monoisotopic (exact) mass is 158 g/mol. The van der Waals surface area contributed by atoms with Crippen molar-refractivity contribution in [2.45, 2.75) is 26.7 Å². The first-order valence-electron chi connectivity index (χ1n) is 4.41. The van der Waals surface area contributed by atoms with Gasteiger partial charge in [0.1, 0.15) is 0 Å². The molecule has 0 aromatic carbocycles. The predicted molar refractivity (Wildman–Crippen MR) is 44.4 cm³/mol. The molecule has 0 aromatic rings. The summed E-state index contributed by atoms with van der Waals surface area (Å²) in [7, 11) is 0. The number of aliphatic hydroxyl groups is 1. The lowest BCUT2D eigenvalue weighted by molar-refractivity contribution is 0.00861. The van der Waals surface area contributed by atoms with E-state index in [-0.39, 0.29) is 12.0 Å². The average Bonchev–Trinajstić information content (AvgIpc) is 2.82. The summed E-state index contributed by atoms with van der Waals surface area (Å²) in [4.78, 5) is 0. The highest BCUT2D eigenvalue weighted by Crippen LogP contribution is 2.45. The fraction of sp³-hybridized carbons (Fsp3) is 1.00. The van der Waals surface area contributed by atoms with Gasteiger partial charge in [0, 0.05) is 12.0 Å². The first-order valence-corrected chi connectivity index (χ1v) is 4.41. The standard InChI is InChI=1S/C9H18O2/c1-3-11-7-9(2,6-10)8-4-5-8/h8,10H,3-7H2,1-2H3. The van der Waals surface area contributed by atoms with E-state index >= 15 is 0 Å². The molecule has 0 aromatic heterocycles. The smallest absolute Gasteiger partial charge is 0.0544 e. The summed E-state index contributed by atoms with van der Waals surface area (Å²) in [6.07, 6.45) is 2.54. The summed E-state index contributed by atoms with van der Waals surface area (Å²) in [6.45, 7) is 5.83. The van der Waals surface area contributed by atoms with Gasteiger partial charge in [-0.3, -0.25) is 0 Å². The van der Waals surface area contributed by atoms with E-state index in [1.165, 1.54) is 12.8 Å². The second-order valence-electron chi connectivity index (χ2n) is 3.72. The maximum absolute atomic E-state index is 9.14. The molecule has 0 bridgehead atoms. The molecule has 0 amide bonds. The van der Waals surface area contributed by atoms with Crippen molar-refractivity contribution in [3.05, 3.63) is 0 Å². The largest absolute Gasteiger partial charge is 0.396 e. The highest BCUT2D eigenvalue weighted by Gasteiger charge is 2.41. The van der Waals surface area contributed by atoms with E-state index in [4.69, 9.17) is 9.84 Å². The summed E-state index contributed by atoms with van der Waals surface area (Å²) in [5.41, 5.74) is 0.0377. The lowest BCUT2D eigenvalue weighted by Gasteiger charge is -2.26. The maximum Gasteiger partial charge on any atom is 0.0544 e. The maximum atomic E-state index is 9.14. The van der Waals surface area contributed by atoms with E-state index < -0.39 is 0 Å². The normalized spacial score (nSPS) is 23.2. The Morgan fingerprint density at radius 2 is 2.18 bits per heavy atom. The summed E-state index contributed by atoms with van der Waals surface area (Å²) in [5, 5.41) is 9.14. The lowest BCUT2D eigenvalue weighted by atomic mass is 9.87. The number of ether oxygens (including phenoxy) is 1. The average molecular weight is 158 g/mol. The Hall–Kier alpha value is -0.0800. The SMILES string of the molecule is CCOCC(C)(CO)C1CC1. The van der Waals surface area contributed by atoms with Crippen LogP contribution in [0.3, 0.4) is 0 Å². The van der Waals surface area contributed by atoms with Crippen LogP contribution in [0.2, 0.25) is 0 Å². The molecule has 1 rings (SSSR count). The Kier molecular flexibility index (Phi) is 2.90. The predicted octanol–water partition coefficient (Wildman–Crippen LogP) is 1.43. The van der Waals surface area contributed by atoms with E-state index in [1.807, 2.05) is 6.92 Å². The molecule has 0 aliphatic heterocycles. The molecule has 1 aliphatic carbocycles. The second-order valence-corrected chi connectivity index (χ2v) is 3.72. The third kappa shape index (κ3) is 2.17. The molecule has 2 heteroatoms. The topological polar surface area (TPSA) is 29.5 Å². The first-order chi connectivity index (χ1) is 5.23. The van der Waals surface area contributed by atoms with Crippen molar-refractivity contribution in [3.8, 4) is 0 Å². The van der Waals surface area contributed by atoms with Gasteiger partial charge in [0.2, 0.25) is 0 Å². The quantitative estimate of drug-likeness (QED) is 0.656. The summed E-state index contributed by atoms with van der Waals surface area (Å²) < 4.78 is 5.33. The molecule has 0 radical (unpaired) electrons. The minimum atomic E-state index is 0.0377. The van der Waals surface area contributed by atoms with E-state index in [9.17, 15) is 0 Å². The van der Waals surface area contributed by atoms with Crippen molar-refractivity contribution in [1.82, 2.24) is 0 Å². The highest BCUT2D eigenvalue weighted by atomic mass is 16.5. The van der Waals surface area contributed by atoms with E-state index in [2.05, 4.69) is 6.92 Å². The van der Waals surface area contributed by atoms with Crippen molar-refractivity contribution in [1.29, 1.82) is 0 Å². The van der Waals surface area contributed by atoms with Crippen LogP contribution in [0.4, 0.5) is 0 Å². The molecule has 0 saturated heterocycles. The molecule has 1 unspecified atom stereocenters. The van der Waals surface area contributed by atoms with Gasteiger partial charge >= 0.3 is 0 Å². The van der Waals surface area contributed by atoms with Crippen LogP contribution in [0.1, 0.15) is 26.7 Å². The fourth-order valence-corrected chi connectivity index (χ4v) is 1.41. The molecular formula is C9H18O2. The Morgan fingerprint density at radius 1 is 1.55 bits per heavy atom. The zero-order chi connectivity index (χ0) is 8.32. The first kappa shape index (κ1) is 9.01. The third-order valence-corrected chi connectivity index (χ3v) is 2.56. The molecule has 1 saturated carbocycles. The third-order valence-electron chi connectivity index (χ3n) is 2.56. The molecule has 1 atom stereocenters. The van der Waals surface area contributed by atoms with Crippen molar-refractivity contribution < 1.29 is 9.84 Å². The van der Waals surface area contributed by atoms with Crippen LogP contribution in [0.15, 0.2) is 0 Å². The second kappa shape index (κ2) is 3.55. The number of aliphatic hydroxyl groups excluding tert-OH is 1. The van der Waals surface area contributed by atoms with Crippen molar-refractivity contribution >= 4 is 0 Å². The van der Waals surface area contributed by atoms with Gasteiger partial charge in [-0.15, -0.1) is 0 Å². The van der Waals surface area contributed by atoms with Crippen LogP contribution in [0.5, 0.6) is 0 Å². The van der Waals surface area contributed by atoms with Crippen LogP contribution in [-0.2, 0) is 4.74 Å².